The van der Waals surface area contributed by atoms with Gasteiger partial charge in [0, 0.05) is 22.1 Å². The first-order valence-electron chi connectivity index (χ1n) is 12.2. The third-order valence-corrected chi connectivity index (χ3v) is 8.63. The van der Waals surface area contributed by atoms with Crippen LogP contribution in [0.25, 0.3) is 0 Å². The number of anilines is 1. The number of carbonyl (C=O) groups is 2. The van der Waals surface area contributed by atoms with Gasteiger partial charge in [-0.1, -0.05) is 70.9 Å². The summed E-state index contributed by atoms with van der Waals surface area (Å²) < 4.78 is 29.3. The van der Waals surface area contributed by atoms with Crippen LogP contribution in [0.4, 0.5) is 5.69 Å². The molecule has 38 heavy (non-hydrogen) atoms. The molecule has 0 aromatic heterocycles. The van der Waals surface area contributed by atoms with Crippen LogP contribution in [0.3, 0.4) is 0 Å². The number of sulfonamides is 1. The first kappa shape index (κ1) is 29.7. The number of halogens is 2. The van der Waals surface area contributed by atoms with Crippen molar-refractivity contribution < 1.29 is 18.0 Å². The van der Waals surface area contributed by atoms with Gasteiger partial charge < -0.3 is 10.2 Å². The molecule has 1 N–H and O–H groups in total. The van der Waals surface area contributed by atoms with Crippen LogP contribution in [0, 0.1) is 0 Å². The van der Waals surface area contributed by atoms with Gasteiger partial charge in [0.2, 0.25) is 11.8 Å². The van der Waals surface area contributed by atoms with Crippen LogP contribution >= 0.6 is 27.5 Å². The van der Waals surface area contributed by atoms with E-state index in [2.05, 4.69) is 21.2 Å². The molecule has 0 radical (unpaired) electrons. The minimum Gasteiger partial charge on any atom is -0.352 e. The Hall–Kier alpha value is -2.88. The van der Waals surface area contributed by atoms with Crippen molar-refractivity contribution in [1.82, 2.24) is 10.2 Å². The molecule has 3 aromatic carbocycles. The van der Waals surface area contributed by atoms with E-state index in [1.54, 1.807) is 43.3 Å². The third-order valence-electron chi connectivity index (χ3n) is 6.12. The zero-order chi connectivity index (χ0) is 27.9. The summed E-state index contributed by atoms with van der Waals surface area (Å²) in [5, 5.41) is 3.25. The topological polar surface area (TPSA) is 86.8 Å². The molecule has 2 atom stereocenters. The number of benzene rings is 3. The number of nitrogens with one attached hydrogen (secondary N) is 1. The molecule has 0 spiro atoms. The normalized spacial score (nSPS) is 12.9. The van der Waals surface area contributed by atoms with E-state index in [4.69, 9.17) is 11.6 Å². The molecule has 0 bridgehead atoms. The molecule has 7 nitrogen and oxygen atoms in total. The number of rotatable bonds is 11. The van der Waals surface area contributed by atoms with Crippen molar-refractivity contribution in [2.24, 2.45) is 0 Å². The number of nitrogens with zero attached hydrogens (tertiary/aromatic N) is 2. The summed E-state index contributed by atoms with van der Waals surface area (Å²) in [5.41, 5.74) is 1.03. The van der Waals surface area contributed by atoms with Crippen molar-refractivity contribution in [3.8, 4) is 0 Å². The van der Waals surface area contributed by atoms with E-state index in [9.17, 15) is 18.0 Å². The second-order valence-electron chi connectivity index (χ2n) is 8.95. The lowest BCUT2D eigenvalue weighted by Crippen LogP contribution is -2.52. The van der Waals surface area contributed by atoms with Gasteiger partial charge in [-0.15, -0.1) is 0 Å². The van der Waals surface area contributed by atoms with Crippen molar-refractivity contribution in [2.75, 3.05) is 10.8 Å². The first-order valence-corrected chi connectivity index (χ1v) is 14.8. The third kappa shape index (κ3) is 7.58. The average molecular weight is 621 g/mol. The zero-order valence-corrected chi connectivity index (χ0v) is 24.6. The van der Waals surface area contributed by atoms with E-state index in [1.165, 1.54) is 23.1 Å². The summed E-state index contributed by atoms with van der Waals surface area (Å²) in [4.78, 5) is 28.4. The molecule has 2 amide bonds. The molecule has 202 valence electrons. The summed E-state index contributed by atoms with van der Waals surface area (Å²) in [6, 6.07) is 20.7. The lowest BCUT2D eigenvalue weighted by atomic mass is 10.1. The van der Waals surface area contributed by atoms with Gasteiger partial charge in [0.15, 0.2) is 0 Å². The van der Waals surface area contributed by atoms with Gasteiger partial charge in [0.05, 0.1) is 10.6 Å². The minimum atomic E-state index is -4.13. The summed E-state index contributed by atoms with van der Waals surface area (Å²) in [7, 11) is -4.13. The Bertz CT molecular complexity index is 1370. The molecular weight excluding hydrogens is 590 g/mol. The maximum Gasteiger partial charge on any atom is 0.264 e. The second-order valence-corrected chi connectivity index (χ2v) is 12.2. The van der Waals surface area contributed by atoms with Gasteiger partial charge >= 0.3 is 0 Å². The van der Waals surface area contributed by atoms with E-state index in [1.807, 2.05) is 38.1 Å². The van der Waals surface area contributed by atoms with E-state index >= 15 is 0 Å². The molecule has 0 aliphatic heterocycles. The Kier molecular flexibility index (Phi) is 10.4. The predicted molar refractivity (Wildman–Crippen MR) is 154 cm³/mol. The van der Waals surface area contributed by atoms with Crippen molar-refractivity contribution >= 4 is 55.1 Å². The highest BCUT2D eigenvalue weighted by molar-refractivity contribution is 9.10. The van der Waals surface area contributed by atoms with E-state index in [0.29, 0.717) is 5.02 Å². The Balaban J connectivity index is 2.02. The van der Waals surface area contributed by atoms with Crippen LogP contribution in [0.1, 0.15) is 32.8 Å². The fourth-order valence-electron chi connectivity index (χ4n) is 3.76. The molecule has 0 aliphatic rings. The molecular formula is C28H31BrClN3O4S. The lowest BCUT2D eigenvalue weighted by Gasteiger charge is -2.32. The molecule has 3 aromatic rings. The highest BCUT2D eigenvalue weighted by Crippen LogP contribution is 2.27. The van der Waals surface area contributed by atoms with Crippen LogP contribution in [0.2, 0.25) is 5.02 Å². The van der Waals surface area contributed by atoms with Gasteiger partial charge in [0.1, 0.15) is 12.6 Å². The van der Waals surface area contributed by atoms with E-state index < -0.39 is 28.5 Å². The molecule has 0 aliphatic carbocycles. The summed E-state index contributed by atoms with van der Waals surface area (Å²) in [6.45, 7) is 5.08. The van der Waals surface area contributed by atoms with Gasteiger partial charge in [0.25, 0.3) is 10.0 Å². The molecule has 2 unspecified atom stereocenters. The van der Waals surface area contributed by atoms with Gasteiger partial charge in [-0.3, -0.25) is 13.9 Å². The largest absolute Gasteiger partial charge is 0.352 e. The Labute approximate surface area is 238 Å². The highest BCUT2D eigenvalue weighted by atomic mass is 79.9. The Morgan fingerprint density at radius 1 is 0.974 bits per heavy atom. The number of hydrogen-bond donors (Lipinski definition) is 1. The fourth-order valence-corrected chi connectivity index (χ4v) is 5.82. The molecule has 10 heteroatoms. The molecule has 0 saturated carbocycles. The van der Waals surface area contributed by atoms with Crippen molar-refractivity contribution in [2.45, 2.75) is 50.7 Å². The average Bonchev–Trinajstić information content (AvgIpc) is 2.90. The van der Waals surface area contributed by atoms with Crippen LogP contribution < -0.4 is 9.62 Å². The molecule has 0 fully saturated rings. The highest BCUT2D eigenvalue weighted by Gasteiger charge is 2.32. The smallest absolute Gasteiger partial charge is 0.264 e. The van der Waals surface area contributed by atoms with Crippen molar-refractivity contribution in [1.29, 1.82) is 0 Å². The monoisotopic (exact) mass is 619 g/mol. The van der Waals surface area contributed by atoms with Crippen LogP contribution in [0.15, 0.2) is 88.2 Å². The SMILES string of the molecule is CCC(C)NC(=O)C(C)N(Cc1cccc(Br)c1)C(=O)CN(c1cccc(Cl)c1)S(=O)(=O)c1ccccc1. The molecule has 3 rings (SSSR count). The standard InChI is InChI=1S/C28H31BrClN3O4S/c1-4-20(2)31-28(35)21(3)32(18-22-10-8-11-23(29)16-22)27(34)19-33(25-13-9-12-24(30)17-25)38(36,37)26-14-6-5-7-15-26/h5-17,20-21H,4,18-19H2,1-3H3,(H,31,35). The predicted octanol–water partition coefficient (Wildman–Crippen LogP) is 5.63. The van der Waals surface area contributed by atoms with E-state index in [0.717, 1.165) is 20.8 Å². The van der Waals surface area contributed by atoms with E-state index in [-0.39, 0.29) is 29.1 Å². The van der Waals surface area contributed by atoms with Crippen molar-refractivity contribution in [3.05, 3.63) is 93.9 Å². The van der Waals surface area contributed by atoms with Crippen LogP contribution in [-0.2, 0) is 26.2 Å². The maximum absolute atomic E-state index is 13.9. The fraction of sp³-hybridized carbons (Fsp3) is 0.286. The second kappa shape index (κ2) is 13.3. The maximum atomic E-state index is 13.9. The Morgan fingerprint density at radius 2 is 1.66 bits per heavy atom. The number of carbonyl (C=O) groups excluding carboxylic acids is 2. The molecule has 0 heterocycles. The van der Waals surface area contributed by atoms with Crippen molar-refractivity contribution in [3.63, 3.8) is 0 Å². The Morgan fingerprint density at radius 3 is 2.29 bits per heavy atom. The van der Waals surface area contributed by atoms with Gasteiger partial charge in [-0.05, 0) is 68.3 Å². The number of amides is 2. The van der Waals surface area contributed by atoms with Gasteiger partial charge in [-0.2, -0.15) is 0 Å². The van der Waals surface area contributed by atoms with Crippen LogP contribution in [0.5, 0.6) is 0 Å². The first-order chi connectivity index (χ1) is 18.0. The number of hydrogen-bond acceptors (Lipinski definition) is 4. The van der Waals surface area contributed by atoms with Crippen LogP contribution in [-0.4, -0.2) is 43.8 Å². The summed E-state index contributed by atoms with van der Waals surface area (Å²) in [5.74, 6) is -0.848. The summed E-state index contributed by atoms with van der Waals surface area (Å²) in [6.07, 6.45) is 0.732. The zero-order valence-electron chi connectivity index (χ0n) is 21.5. The lowest BCUT2D eigenvalue weighted by molar-refractivity contribution is -0.139. The molecule has 0 saturated heterocycles. The minimum absolute atomic E-state index is 0.0360. The quantitative estimate of drug-likeness (QED) is 0.301. The summed E-state index contributed by atoms with van der Waals surface area (Å²) >= 11 is 9.63. The van der Waals surface area contributed by atoms with Gasteiger partial charge in [-0.25, -0.2) is 8.42 Å².